The van der Waals surface area contributed by atoms with Crippen molar-refractivity contribution in [2.75, 3.05) is 6.61 Å². The number of benzene rings is 1. The van der Waals surface area contributed by atoms with Gasteiger partial charge < -0.3 is 10.2 Å². The number of rotatable bonds is 3. The Hall–Kier alpha value is -1.02. The molecule has 0 heterocycles. The standard InChI is InChI=1S/C11H16O2/c1-8-5-6-10(4-3-7-12)9(2)11(8)13/h5-6,12-13H,3-4,7H2,1-2H3. The molecule has 0 spiro atoms. The van der Waals surface area contributed by atoms with Gasteiger partial charge in [-0.25, -0.2) is 0 Å². The number of aryl methyl sites for hydroxylation is 2. The van der Waals surface area contributed by atoms with Crippen molar-refractivity contribution in [1.82, 2.24) is 0 Å². The van der Waals surface area contributed by atoms with E-state index in [1.807, 2.05) is 26.0 Å². The third kappa shape index (κ3) is 2.22. The van der Waals surface area contributed by atoms with Gasteiger partial charge >= 0.3 is 0 Å². The minimum Gasteiger partial charge on any atom is -0.507 e. The summed E-state index contributed by atoms with van der Waals surface area (Å²) in [6.45, 7) is 4.00. The lowest BCUT2D eigenvalue weighted by molar-refractivity contribution is 0.288. The van der Waals surface area contributed by atoms with Crippen molar-refractivity contribution in [1.29, 1.82) is 0 Å². The van der Waals surface area contributed by atoms with Gasteiger partial charge in [-0.1, -0.05) is 12.1 Å². The number of hydrogen-bond donors (Lipinski definition) is 2. The van der Waals surface area contributed by atoms with Crippen LogP contribution in [0.1, 0.15) is 23.1 Å². The molecule has 0 atom stereocenters. The lowest BCUT2D eigenvalue weighted by Gasteiger charge is -2.08. The Morgan fingerprint density at radius 1 is 1.23 bits per heavy atom. The predicted octanol–water partition coefficient (Wildman–Crippen LogP) is 1.93. The first-order valence-electron chi connectivity index (χ1n) is 4.55. The van der Waals surface area contributed by atoms with Crippen molar-refractivity contribution in [3.05, 3.63) is 28.8 Å². The molecule has 0 unspecified atom stereocenters. The quantitative estimate of drug-likeness (QED) is 0.746. The van der Waals surface area contributed by atoms with Gasteiger partial charge in [0.05, 0.1) is 0 Å². The van der Waals surface area contributed by atoms with E-state index in [-0.39, 0.29) is 6.61 Å². The van der Waals surface area contributed by atoms with Crippen LogP contribution in [0, 0.1) is 13.8 Å². The van der Waals surface area contributed by atoms with Crippen LogP contribution in [0.15, 0.2) is 12.1 Å². The van der Waals surface area contributed by atoms with Gasteiger partial charge in [0, 0.05) is 6.61 Å². The predicted molar refractivity (Wildman–Crippen MR) is 53.0 cm³/mol. The van der Waals surface area contributed by atoms with Crippen LogP contribution in [-0.2, 0) is 6.42 Å². The molecule has 0 radical (unpaired) electrons. The van der Waals surface area contributed by atoms with Crippen molar-refractivity contribution in [3.63, 3.8) is 0 Å². The Morgan fingerprint density at radius 2 is 1.92 bits per heavy atom. The summed E-state index contributed by atoms with van der Waals surface area (Å²) in [4.78, 5) is 0. The molecule has 0 aromatic heterocycles. The van der Waals surface area contributed by atoms with Gasteiger partial charge in [-0.05, 0) is 43.4 Å². The summed E-state index contributed by atoms with van der Waals surface area (Å²) in [7, 11) is 0. The monoisotopic (exact) mass is 180 g/mol. The highest BCUT2D eigenvalue weighted by atomic mass is 16.3. The van der Waals surface area contributed by atoms with Gasteiger partial charge in [-0.2, -0.15) is 0 Å². The SMILES string of the molecule is Cc1ccc(CCCO)c(C)c1O. The van der Waals surface area contributed by atoms with Gasteiger partial charge in [0.2, 0.25) is 0 Å². The maximum atomic E-state index is 9.62. The van der Waals surface area contributed by atoms with Crippen molar-refractivity contribution < 1.29 is 10.2 Å². The highest BCUT2D eigenvalue weighted by Gasteiger charge is 2.04. The lowest BCUT2D eigenvalue weighted by atomic mass is 10.0. The summed E-state index contributed by atoms with van der Waals surface area (Å²) in [5.74, 6) is 0.385. The number of phenols is 1. The van der Waals surface area contributed by atoms with Crippen molar-refractivity contribution >= 4 is 0 Å². The first-order valence-corrected chi connectivity index (χ1v) is 4.55. The molecule has 2 N–H and O–H groups in total. The van der Waals surface area contributed by atoms with Crippen LogP contribution >= 0.6 is 0 Å². The van der Waals surface area contributed by atoms with Crippen LogP contribution in [0.4, 0.5) is 0 Å². The first-order chi connectivity index (χ1) is 6.16. The van der Waals surface area contributed by atoms with Crippen molar-refractivity contribution in [2.45, 2.75) is 26.7 Å². The van der Waals surface area contributed by atoms with Gasteiger partial charge in [0.15, 0.2) is 0 Å². The summed E-state index contributed by atoms with van der Waals surface area (Å²) in [5.41, 5.74) is 2.97. The summed E-state index contributed by atoms with van der Waals surface area (Å²) < 4.78 is 0. The molecule has 1 rings (SSSR count). The zero-order chi connectivity index (χ0) is 9.84. The maximum Gasteiger partial charge on any atom is 0.121 e. The molecular weight excluding hydrogens is 164 g/mol. The zero-order valence-corrected chi connectivity index (χ0v) is 8.17. The molecule has 72 valence electrons. The Morgan fingerprint density at radius 3 is 2.54 bits per heavy atom. The Kier molecular flexibility index (Phi) is 3.32. The first kappa shape index (κ1) is 10.1. The van der Waals surface area contributed by atoms with Crippen LogP contribution in [-0.4, -0.2) is 16.8 Å². The number of aliphatic hydroxyl groups excluding tert-OH is 1. The number of hydrogen-bond acceptors (Lipinski definition) is 2. The minimum atomic E-state index is 0.202. The van der Waals surface area contributed by atoms with E-state index in [2.05, 4.69) is 0 Å². The van der Waals surface area contributed by atoms with E-state index < -0.39 is 0 Å². The van der Waals surface area contributed by atoms with E-state index in [0.29, 0.717) is 5.75 Å². The fraction of sp³-hybridized carbons (Fsp3) is 0.455. The number of aliphatic hydroxyl groups is 1. The topological polar surface area (TPSA) is 40.5 Å². The molecular formula is C11H16O2. The second-order valence-electron chi connectivity index (χ2n) is 3.34. The molecule has 0 fully saturated rings. The molecule has 1 aromatic carbocycles. The molecule has 13 heavy (non-hydrogen) atoms. The molecule has 0 aliphatic rings. The van der Waals surface area contributed by atoms with Gasteiger partial charge in [0.25, 0.3) is 0 Å². The maximum absolute atomic E-state index is 9.62. The zero-order valence-electron chi connectivity index (χ0n) is 8.17. The number of aromatic hydroxyl groups is 1. The van der Waals surface area contributed by atoms with Gasteiger partial charge in [0.1, 0.15) is 5.75 Å². The molecule has 2 heteroatoms. The second kappa shape index (κ2) is 4.28. The Bertz CT molecular complexity index is 292. The van der Waals surface area contributed by atoms with Crippen molar-refractivity contribution in [2.24, 2.45) is 0 Å². The van der Waals surface area contributed by atoms with Crippen LogP contribution in [0.25, 0.3) is 0 Å². The van der Waals surface area contributed by atoms with Crippen LogP contribution in [0.2, 0.25) is 0 Å². The Labute approximate surface area is 78.8 Å². The van der Waals surface area contributed by atoms with Gasteiger partial charge in [-0.15, -0.1) is 0 Å². The highest BCUT2D eigenvalue weighted by Crippen LogP contribution is 2.24. The third-order valence-corrected chi connectivity index (χ3v) is 2.35. The number of phenolic OH excluding ortho intramolecular Hbond substituents is 1. The van der Waals surface area contributed by atoms with E-state index >= 15 is 0 Å². The summed E-state index contributed by atoms with van der Waals surface area (Å²) in [6.07, 6.45) is 1.58. The fourth-order valence-electron chi connectivity index (χ4n) is 1.42. The fourth-order valence-corrected chi connectivity index (χ4v) is 1.42. The lowest BCUT2D eigenvalue weighted by Crippen LogP contribution is -1.94. The van der Waals surface area contributed by atoms with Crippen LogP contribution in [0.5, 0.6) is 5.75 Å². The minimum absolute atomic E-state index is 0.202. The summed E-state index contributed by atoms with van der Waals surface area (Å²) in [6, 6.07) is 3.93. The largest absolute Gasteiger partial charge is 0.507 e. The van der Waals surface area contributed by atoms with E-state index in [1.165, 1.54) is 0 Å². The van der Waals surface area contributed by atoms with Gasteiger partial charge in [-0.3, -0.25) is 0 Å². The average Bonchev–Trinajstić information content (AvgIpc) is 2.13. The second-order valence-corrected chi connectivity index (χ2v) is 3.34. The summed E-state index contributed by atoms with van der Waals surface area (Å²) >= 11 is 0. The smallest absolute Gasteiger partial charge is 0.121 e. The molecule has 0 amide bonds. The molecule has 1 aromatic rings. The molecule has 0 saturated heterocycles. The van der Waals surface area contributed by atoms with E-state index in [9.17, 15) is 5.11 Å². The van der Waals surface area contributed by atoms with E-state index in [4.69, 9.17) is 5.11 Å². The molecule has 0 bridgehead atoms. The van der Waals surface area contributed by atoms with Crippen LogP contribution in [0.3, 0.4) is 0 Å². The molecule has 0 aliphatic carbocycles. The van der Waals surface area contributed by atoms with Crippen LogP contribution < -0.4 is 0 Å². The molecule has 0 aliphatic heterocycles. The Balaban J connectivity index is 2.90. The summed E-state index contributed by atoms with van der Waals surface area (Å²) in [5, 5.41) is 18.3. The molecule has 0 saturated carbocycles. The van der Waals surface area contributed by atoms with E-state index in [0.717, 1.165) is 29.5 Å². The van der Waals surface area contributed by atoms with Crippen molar-refractivity contribution in [3.8, 4) is 5.75 Å². The average molecular weight is 180 g/mol. The normalized spacial score (nSPS) is 10.4. The molecule has 2 nitrogen and oxygen atoms in total. The van der Waals surface area contributed by atoms with E-state index in [1.54, 1.807) is 0 Å². The third-order valence-electron chi connectivity index (χ3n) is 2.35. The highest BCUT2D eigenvalue weighted by molar-refractivity contribution is 5.43.